The van der Waals surface area contributed by atoms with E-state index in [1.165, 1.54) is 29.9 Å². The van der Waals surface area contributed by atoms with Crippen LogP contribution in [0, 0.1) is 0 Å². The zero-order valence-corrected chi connectivity index (χ0v) is 15.3. The van der Waals surface area contributed by atoms with Crippen LogP contribution in [0.15, 0.2) is 52.3 Å². The van der Waals surface area contributed by atoms with Crippen molar-refractivity contribution in [3.05, 3.63) is 48.7 Å². The van der Waals surface area contributed by atoms with Crippen LogP contribution in [-0.4, -0.2) is 53.0 Å². The number of benzene rings is 1. The minimum absolute atomic E-state index is 0.139. The maximum Gasteiger partial charge on any atom is 0.278 e. The Balaban J connectivity index is 1.52. The highest BCUT2D eigenvalue weighted by Crippen LogP contribution is 2.31. The molecule has 0 saturated carbocycles. The lowest BCUT2D eigenvalue weighted by Gasteiger charge is -2.16. The van der Waals surface area contributed by atoms with E-state index >= 15 is 0 Å². The molecule has 1 saturated heterocycles. The van der Waals surface area contributed by atoms with Crippen molar-refractivity contribution >= 4 is 10.0 Å². The molecule has 1 fully saturated rings. The lowest BCUT2D eigenvalue weighted by molar-refractivity contribution is 0.411. The summed E-state index contributed by atoms with van der Waals surface area (Å²) in [5, 5.41) is 4.00. The largest absolute Gasteiger partial charge is 0.497 e. The molecule has 0 aliphatic carbocycles. The second-order valence-corrected chi connectivity index (χ2v) is 8.01. The fraction of sp³-hybridized carbons (Fsp3) is 0.294. The zero-order chi connectivity index (χ0) is 18.9. The maximum atomic E-state index is 12.9. The highest BCUT2D eigenvalue weighted by atomic mass is 32.2. The molecule has 0 spiro atoms. The number of methoxy groups -OCH3 is 1. The number of nitrogens with zero attached hydrogens (tertiary/aromatic N) is 5. The van der Waals surface area contributed by atoms with Crippen molar-refractivity contribution in [3.63, 3.8) is 0 Å². The molecule has 3 heterocycles. The number of hydrogen-bond acceptors (Lipinski definition) is 8. The first-order valence-corrected chi connectivity index (χ1v) is 9.76. The fourth-order valence-electron chi connectivity index (χ4n) is 2.98. The molecule has 1 aromatic carbocycles. The van der Waals surface area contributed by atoms with Crippen LogP contribution in [0.3, 0.4) is 0 Å². The topological polar surface area (TPSA) is 111 Å². The van der Waals surface area contributed by atoms with Gasteiger partial charge in [-0.2, -0.15) is 9.29 Å². The van der Waals surface area contributed by atoms with Crippen LogP contribution in [0.25, 0.3) is 11.6 Å². The molecule has 0 N–H and O–H groups in total. The van der Waals surface area contributed by atoms with Gasteiger partial charge >= 0.3 is 0 Å². The van der Waals surface area contributed by atoms with Gasteiger partial charge in [0.1, 0.15) is 11.4 Å². The Morgan fingerprint density at radius 2 is 2.19 bits per heavy atom. The van der Waals surface area contributed by atoms with Crippen molar-refractivity contribution in [3.8, 4) is 17.3 Å². The van der Waals surface area contributed by atoms with E-state index in [2.05, 4.69) is 20.1 Å². The molecule has 27 heavy (non-hydrogen) atoms. The third-order valence-corrected chi connectivity index (χ3v) is 6.28. The summed E-state index contributed by atoms with van der Waals surface area (Å²) in [5.41, 5.74) is 0.482. The van der Waals surface area contributed by atoms with E-state index in [0.717, 1.165) is 0 Å². The van der Waals surface area contributed by atoms with Crippen LogP contribution in [-0.2, 0) is 10.0 Å². The Morgan fingerprint density at radius 1 is 1.30 bits per heavy atom. The predicted molar refractivity (Wildman–Crippen MR) is 94.4 cm³/mol. The summed E-state index contributed by atoms with van der Waals surface area (Å²) in [4.78, 5) is 12.7. The SMILES string of the molecule is COc1cccc(S(=O)(=O)N2CCC(c3noc(-c4cnccn4)n3)C2)c1. The van der Waals surface area contributed by atoms with Gasteiger partial charge in [-0.15, -0.1) is 0 Å². The lowest BCUT2D eigenvalue weighted by Crippen LogP contribution is -2.28. The molecule has 0 amide bonds. The van der Waals surface area contributed by atoms with Gasteiger partial charge in [-0.3, -0.25) is 4.98 Å². The van der Waals surface area contributed by atoms with E-state index in [4.69, 9.17) is 9.26 Å². The molecule has 0 bridgehead atoms. The first kappa shape index (κ1) is 17.6. The molecule has 3 aromatic rings. The van der Waals surface area contributed by atoms with Gasteiger partial charge in [0.05, 0.1) is 18.2 Å². The van der Waals surface area contributed by atoms with E-state index < -0.39 is 10.0 Å². The van der Waals surface area contributed by atoms with Crippen LogP contribution < -0.4 is 4.74 Å². The maximum absolute atomic E-state index is 12.9. The van der Waals surface area contributed by atoms with Gasteiger partial charge in [0.15, 0.2) is 5.82 Å². The van der Waals surface area contributed by atoms with Gasteiger partial charge in [-0.05, 0) is 18.6 Å². The van der Waals surface area contributed by atoms with E-state index in [1.807, 2.05) is 0 Å². The highest BCUT2D eigenvalue weighted by Gasteiger charge is 2.35. The Morgan fingerprint density at radius 3 is 2.96 bits per heavy atom. The molecule has 10 heteroatoms. The second-order valence-electron chi connectivity index (χ2n) is 6.08. The average Bonchev–Trinajstić information content (AvgIpc) is 3.38. The first-order valence-electron chi connectivity index (χ1n) is 8.32. The van der Waals surface area contributed by atoms with Crippen LogP contribution >= 0.6 is 0 Å². The first-order chi connectivity index (χ1) is 13.1. The van der Waals surface area contributed by atoms with Gasteiger partial charge in [0.25, 0.3) is 5.89 Å². The highest BCUT2D eigenvalue weighted by molar-refractivity contribution is 7.89. The fourth-order valence-corrected chi connectivity index (χ4v) is 4.52. The predicted octanol–water partition coefficient (Wildman–Crippen LogP) is 1.71. The van der Waals surface area contributed by atoms with Crippen LogP contribution in [0.4, 0.5) is 0 Å². The van der Waals surface area contributed by atoms with Gasteiger partial charge in [0, 0.05) is 37.5 Å². The summed E-state index contributed by atoms with van der Waals surface area (Å²) in [5.74, 6) is 1.10. The number of sulfonamides is 1. The van der Waals surface area contributed by atoms with E-state index in [-0.39, 0.29) is 16.7 Å². The summed E-state index contributed by atoms with van der Waals surface area (Å²) in [7, 11) is -2.11. The molecular formula is C17H17N5O4S. The Bertz CT molecular complexity index is 1040. The van der Waals surface area contributed by atoms with Crippen molar-refractivity contribution in [1.82, 2.24) is 24.4 Å². The zero-order valence-electron chi connectivity index (χ0n) is 14.5. The van der Waals surface area contributed by atoms with Gasteiger partial charge in [0.2, 0.25) is 10.0 Å². The van der Waals surface area contributed by atoms with Gasteiger partial charge < -0.3 is 9.26 Å². The third kappa shape index (κ3) is 3.40. The van der Waals surface area contributed by atoms with Crippen molar-refractivity contribution < 1.29 is 17.7 Å². The minimum atomic E-state index is -3.61. The summed E-state index contributed by atoms with van der Waals surface area (Å²) in [6, 6.07) is 6.44. The molecule has 1 aliphatic rings. The van der Waals surface area contributed by atoms with Crippen molar-refractivity contribution in [2.45, 2.75) is 17.2 Å². The van der Waals surface area contributed by atoms with E-state index in [1.54, 1.807) is 24.4 Å². The van der Waals surface area contributed by atoms with Crippen molar-refractivity contribution in [2.75, 3.05) is 20.2 Å². The lowest BCUT2D eigenvalue weighted by atomic mass is 10.1. The Kier molecular flexibility index (Phi) is 4.58. The minimum Gasteiger partial charge on any atom is -0.497 e. The Labute approximate surface area is 156 Å². The number of aromatic nitrogens is 4. The summed E-state index contributed by atoms with van der Waals surface area (Å²) in [6.07, 6.45) is 5.24. The molecule has 2 aromatic heterocycles. The molecule has 1 unspecified atom stereocenters. The van der Waals surface area contributed by atoms with Crippen molar-refractivity contribution in [1.29, 1.82) is 0 Å². The normalized spacial score (nSPS) is 17.9. The molecule has 0 radical (unpaired) electrons. The summed E-state index contributed by atoms with van der Waals surface area (Å²) in [6.45, 7) is 0.679. The monoisotopic (exact) mass is 387 g/mol. The van der Waals surface area contributed by atoms with E-state index in [9.17, 15) is 8.42 Å². The number of hydrogen-bond donors (Lipinski definition) is 0. The molecule has 4 rings (SSSR count). The third-order valence-electron chi connectivity index (χ3n) is 4.42. The molecular weight excluding hydrogens is 370 g/mol. The van der Waals surface area contributed by atoms with Crippen LogP contribution in [0.2, 0.25) is 0 Å². The van der Waals surface area contributed by atoms with Crippen LogP contribution in [0.5, 0.6) is 5.75 Å². The molecule has 140 valence electrons. The average molecular weight is 387 g/mol. The molecule has 1 aliphatic heterocycles. The van der Waals surface area contributed by atoms with E-state index in [0.29, 0.717) is 36.8 Å². The van der Waals surface area contributed by atoms with Crippen molar-refractivity contribution in [2.24, 2.45) is 0 Å². The molecule has 1 atom stereocenters. The number of rotatable bonds is 5. The van der Waals surface area contributed by atoms with Gasteiger partial charge in [-0.1, -0.05) is 11.2 Å². The standard InChI is InChI=1S/C17H17N5O4S/c1-25-13-3-2-4-14(9-13)27(23,24)22-8-5-12(11-22)16-20-17(26-21-16)15-10-18-6-7-19-15/h2-4,6-7,9-10,12H,5,8,11H2,1H3. The summed E-state index contributed by atoms with van der Waals surface area (Å²) < 4.78 is 37.6. The Hall–Kier alpha value is -2.85. The van der Waals surface area contributed by atoms with Gasteiger partial charge in [-0.25, -0.2) is 13.4 Å². The van der Waals surface area contributed by atoms with Crippen LogP contribution in [0.1, 0.15) is 18.2 Å². The number of ether oxygens (including phenoxy) is 1. The quantitative estimate of drug-likeness (QED) is 0.650. The smallest absolute Gasteiger partial charge is 0.278 e. The summed E-state index contributed by atoms with van der Waals surface area (Å²) >= 11 is 0. The molecule has 9 nitrogen and oxygen atoms in total. The second kappa shape index (κ2) is 7.05.